The first-order valence-electron chi connectivity index (χ1n) is 3.35. The highest BCUT2D eigenvalue weighted by Crippen LogP contribution is 1.96. The Bertz CT molecular complexity index is 141. The first kappa shape index (κ1) is 10.1. The largest absolute Gasteiger partial charge is 0.478 e. The molecule has 0 aromatic rings. The maximum Gasteiger partial charge on any atom is 0.327 e. The zero-order valence-corrected chi connectivity index (χ0v) is 6.10. The third-order valence-electron chi connectivity index (χ3n) is 1.14. The third-order valence-corrected chi connectivity index (χ3v) is 1.14. The van der Waals surface area contributed by atoms with Crippen molar-refractivity contribution >= 4 is 5.97 Å². The predicted molar refractivity (Wildman–Crippen MR) is 39.1 cm³/mol. The highest BCUT2D eigenvalue weighted by molar-refractivity contribution is 5.79. The Balaban J connectivity index is 3.33. The van der Waals surface area contributed by atoms with Crippen LogP contribution in [-0.2, 0) is 4.79 Å². The molecule has 0 aliphatic rings. The fraction of sp³-hybridized carbons (Fsp3) is 0.571. The van der Waals surface area contributed by atoms with Gasteiger partial charge in [-0.25, -0.2) is 4.79 Å². The minimum Gasteiger partial charge on any atom is -0.478 e. The zero-order chi connectivity index (χ0) is 8.69. The summed E-state index contributed by atoms with van der Waals surface area (Å²) in [5.74, 6) is -0.997. The lowest BCUT2D eigenvalue weighted by atomic mass is 10.2. The molecule has 4 nitrogen and oxygen atoms in total. The maximum atomic E-state index is 9.91. The molecule has 0 rings (SSSR count). The fourth-order valence-corrected chi connectivity index (χ4v) is 0.564. The van der Waals surface area contributed by atoms with E-state index in [2.05, 4.69) is 0 Å². The highest BCUT2D eigenvalue weighted by atomic mass is 16.4. The molecule has 11 heavy (non-hydrogen) atoms. The number of aliphatic hydroxyl groups excluding tert-OH is 2. The number of carboxylic acid groups (broad SMARTS) is 1. The van der Waals surface area contributed by atoms with Crippen LogP contribution in [0.4, 0.5) is 0 Å². The van der Waals surface area contributed by atoms with Crippen molar-refractivity contribution in [2.75, 3.05) is 6.61 Å². The zero-order valence-electron chi connectivity index (χ0n) is 6.10. The monoisotopic (exact) mass is 160 g/mol. The van der Waals surface area contributed by atoms with Crippen LogP contribution in [0, 0.1) is 0 Å². The molecule has 0 aromatic carbocycles. The molecule has 0 aliphatic carbocycles. The molecule has 0 saturated carbocycles. The van der Waals surface area contributed by atoms with Gasteiger partial charge >= 0.3 is 5.97 Å². The lowest BCUT2D eigenvalue weighted by molar-refractivity contribution is -0.131. The Morgan fingerprint density at radius 2 is 2.18 bits per heavy atom. The lowest BCUT2D eigenvalue weighted by Crippen LogP contribution is -2.10. The summed E-state index contributed by atoms with van der Waals surface area (Å²) in [6.45, 7) is -0.277. The van der Waals surface area contributed by atoms with Crippen LogP contribution in [0.2, 0.25) is 0 Å². The van der Waals surface area contributed by atoms with E-state index >= 15 is 0 Å². The molecule has 0 saturated heterocycles. The minimum atomic E-state index is -0.997. The van der Waals surface area contributed by atoms with E-state index < -0.39 is 12.1 Å². The van der Waals surface area contributed by atoms with Crippen molar-refractivity contribution in [3.8, 4) is 0 Å². The molecule has 3 N–H and O–H groups in total. The molecule has 0 fully saturated rings. The first-order chi connectivity index (χ1) is 5.16. The van der Waals surface area contributed by atoms with Gasteiger partial charge in [-0.05, 0) is 12.8 Å². The second-order valence-corrected chi connectivity index (χ2v) is 2.15. The van der Waals surface area contributed by atoms with E-state index in [0.29, 0.717) is 12.8 Å². The summed E-state index contributed by atoms with van der Waals surface area (Å²) in [6, 6.07) is 0. The molecule has 0 radical (unpaired) electrons. The van der Waals surface area contributed by atoms with Gasteiger partial charge in [0.15, 0.2) is 0 Å². The van der Waals surface area contributed by atoms with E-state index in [1.165, 1.54) is 6.08 Å². The van der Waals surface area contributed by atoms with Crippen LogP contribution in [0.3, 0.4) is 0 Å². The standard InChI is InChI=1S/C7H12O4/c8-5-6(9)3-1-2-4-7(10)11/h2,4,6,8-9H,1,3,5H2,(H,10,11)/b4-2+. The Labute approximate surface area is 64.8 Å². The molecule has 0 amide bonds. The molecule has 0 bridgehead atoms. The number of aliphatic hydroxyl groups is 2. The van der Waals surface area contributed by atoms with Crippen molar-refractivity contribution in [3.63, 3.8) is 0 Å². The average molecular weight is 160 g/mol. The number of rotatable bonds is 5. The van der Waals surface area contributed by atoms with E-state index in [4.69, 9.17) is 15.3 Å². The molecule has 4 heteroatoms. The number of aliphatic carboxylic acids is 1. The van der Waals surface area contributed by atoms with Crippen LogP contribution < -0.4 is 0 Å². The molecule has 64 valence electrons. The van der Waals surface area contributed by atoms with Gasteiger partial charge in [-0.1, -0.05) is 6.08 Å². The maximum absolute atomic E-state index is 9.91. The fourth-order valence-electron chi connectivity index (χ4n) is 0.564. The Morgan fingerprint density at radius 1 is 1.55 bits per heavy atom. The summed E-state index contributed by atoms with van der Waals surface area (Å²) in [5.41, 5.74) is 0. The predicted octanol–water partition coefficient (Wildman–Crippen LogP) is -0.239. The second kappa shape index (κ2) is 5.88. The quantitative estimate of drug-likeness (QED) is 0.485. The van der Waals surface area contributed by atoms with E-state index in [0.717, 1.165) is 6.08 Å². The molecule has 1 atom stereocenters. The van der Waals surface area contributed by atoms with Crippen molar-refractivity contribution in [1.82, 2.24) is 0 Å². The summed E-state index contributed by atoms with van der Waals surface area (Å²) in [4.78, 5) is 9.91. The van der Waals surface area contributed by atoms with Gasteiger partial charge in [0.25, 0.3) is 0 Å². The van der Waals surface area contributed by atoms with E-state index in [-0.39, 0.29) is 6.61 Å². The van der Waals surface area contributed by atoms with Gasteiger partial charge in [-0.3, -0.25) is 0 Å². The van der Waals surface area contributed by atoms with E-state index in [9.17, 15) is 4.79 Å². The van der Waals surface area contributed by atoms with Crippen molar-refractivity contribution in [3.05, 3.63) is 12.2 Å². The number of carbonyl (C=O) groups is 1. The Kier molecular flexibility index (Phi) is 5.42. The van der Waals surface area contributed by atoms with Crippen LogP contribution in [0.1, 0.15) is 12.8 Å². The third kappa shape index (κ3) is 7.02. The summed E-state index contributed by atoms with van der Waals surface area (Å²) < 4.78 is 0. The van der Waals surface area contributed by atoms with Crippen LogP contribution in [0.25, 0.3) is 0 Å². The van der Waals surface area contributed by atoms with Gasteiger partial charge in [0.1, 0.15) is 0 Å². The second-order valence-electron chi connectivity index (χ2n) is 2.15. The summed E-state index contributed by atoms with van der Waals surface area (Å²) in [6.07, 6.45) is 2.58. The van der Waals surface area contributed by atoms with Gasteiger partial charge in [-0.2, -0.15) is 0 Å². The normalized spacial score (nSPS) is 13.6. The smallest absolute Gasteiger partial charge is 0.327 e. The molecule has 0 spiro atoms. The van der Waals surface area contributed by atoms with Gasteiger partial charge in [0.05, 0.1) is 12.7 Å². The number of carboxylic acids is 1. The van der Waals surface area contributed by atoms with Crippen molar-refractivity contribution < 1.29 is 20.1 Å². The molecular weight excluding hydrogens is 148 g/mol. The summed E-state index contributed by atoms with van der Waals surface area (Å²) in [7, 11) is 0. The average Bonchev–Trinajstić information content (AvgIpc) is 1.97. The summed E-state index contributed by atoms with van der Waals surface area (Å²) in [5, 5.41) is 25.3. The van der Waals surface area contributed by atoms with Crippen LogP contribution in [0.5, 0.6) is 0 Å². The Morgan fingerprint density at radius 3 is 2.64 bits per heavy atom. The van der Waals surface area contributed by atoms with Gasteiger partial charge in [0.2, 0.25) is 0 Å². The van der Waals surface area contributed by atoms with Gasteiger partial charge < -0.3 is 15.3 Å². The summed E-state index contributed by atoms with van der Waals surface area (Å²) >= 11 is 0. The number of allylic oxidation sites excluding steroid dienone is 1. The first-order valence-corrected chi connectivity index (χ1v) is 3.35. The topological polar surface area (TPSA) is 77.8 Å². The number of hydrogen-bond donors (Lipinski definition) is 3. The van der Waals surface area contributed by atoms with E-state index in [1.54, 1.807) is 0 Å². The molecular formula is C7H12O4. The Hall–Kier alpha value is -0.870. The molecule has 0 aromatic heterocycles. The lowest BCUT2D eigenvalue weighted by Gasteiger charge is -2.02. The van der Waals surface area contributed by atoms with Gasteiger partial charge in [-0.15, -0.1) is 0 Å². The van der Waals surface area contributed by atoms with Gasteiger partial charge in [0, 0.05) is 6.08 Å². The van der Waals surface area contributed by atoms with Crippen molar-refractivity contribution in [2.45, 2.75) is 18.9 Å². The molecule has 0 heterocycles. The van der Waals surface area contributed by atoms with E-state index in [1.807, 2.05) is 0 Å². The van der Waals surface area contributed by atoms with Crippen molar-refractivity contribution in [2.24, 2.45) is 0 Å². The SMILES string of the molecule is O=C(O)/C=C/CCC(O)CO. The highest BCUT2D eigenvalue weighted by Gasteiger charge is 1.98. The van der Waals surface area contributed by atoms with Crippen LogP contribution in [0.15, 0.2) is 12.2 Å². The van der Waals surface area contributed by atoms with Crippen LogP contribution >= 0.6 is 0 Å². The van der Waals surface area contributed by atoms with Crippen LogP contribution in [-0.4, -0.2) is 34.0 Å². The number of hydrogen-bond acceptors (Lipinski definition) is 3. The van der Waals surface area contributed by atoms with Crippen molar-refractivity contribution in [1.29, 1.82) is 0 Å². The molecule has 0 aliphatic heterocycles. The molecule has 1 unspecified atom stereocenters. The minimum absolute atomic E-state index is 0.277.